The highest BCUT2D eigenvalue weighted by Crippen LogP contribution is 2.24. The summed E-state index contributed by atoms with van der Waals surface area (Å²) >= 11 is 0. The average molecular weight is 562 g/mol. The van der Waals surface area contributed by atoms with Crippen molar-refractivity contribution in [2.45, 2.75) is 110 Å². The van der Waals surface area contributed by atoms with Crippen molar-refractivity contribution in [3.05, 3.63) is 77.7 Å². The van der Waals surface area contributed by atoms with Crippen molar-refractivity contribution >= 4 is 5.97 Å². The molecule has 5 heteroatoms. The Hall–Kier alpha value is -3.21. The maximum absolute atomic E-state index is 14.6. The number of benzene rings is 2. The first-order valence-electron chi connectivity index (χ1n) is 15.8. The molecule has 0 spiro atoms. The Labute approximate surface area is 246 Å². The van der Waals surface area contributed by atoms with Crippen molar-refractivity contribution in [1.82, 2.24) is 4.98 Å². The van der Waals surface area contributed by atoms with Gasteiger partial charge in [0.2, 0.25) is 0 Å². The number of unbranched alkanes of at least 4 members (excludes halogenated alkanes) is 12. The zero-order valence-corrected chi connectivity index (χ0v) is 25.1. The number of halogens is 1. The van der Waals surface area contributed by atoms with Gasteiger partial charge in [0.15, 0.2) is 0 Å². The van der Waals surface area contributed by atoms with Gasteiger partial charge in [-0.25, -0.2) is 9.18 Å². The predicted octanol–water partition coefficient (Wildman–Crippen LogP) is 10.5. The van der Waals surface area contributed by atoms with E-state index in [-0.39, 0.29) is 11.3 Å². The number of hydrogen-bond acceptors (Lipinski definition) is 4. The van der Waals surface area contributed by atoms with Gasteiger partial charge < -0.3 is 9.47 Å². The lowest BCUT2D eigenvalue weighted by Crippen LogP contribution is -2.11. The number of ether oxygens (including phenoxy) is 2. The molecule has 3 rings (SSSR count). The summed E-state index contributed by atoms with van der Waals surface area (Å²) in [5.41, 5.74) is 2.52. The van der Waals surface area contributed by atoms with Crippen LogP contribution < -0.4 is 9.47 Å². The molecule has 0 saturated heterocycles. The fourth-order valence-electron chi connectivity index (χ4n) is 4.91. The number of rotatable bonds is 20. The molecular weight excluding hydrogens is 513 g/mol. The van der Waals surface area contributed by atoms with Gasteiger partial charge in [-0.3, -0.25) is 4.98 Å². The van der Waals surface area contributed by atoms with E-state index in [1.807, 2.05) is 24.3 Å². The Morgan fingerprint density at radius 1 is 0.707 bits per heavy atom. The Balaban J connectivity index is 1.38. The summed E-state index contributed by atoms with van der Waals surface area (Å²) in [6.45, 7) is 5.16. The van der Waals surface area contributed by atoms with E-state index in [2.05, 4.69) is 18.8 Å². The molecule has 41 heavy (non-hydrogen) atoms. The van der Waals surface area contributed by atoms with Crippen LogP contribution in [0.25, 0.3) is 11.3 Å². The van der Waals surface area contributed by atoms with Crippen LogP contribution in [0.15, 0.2) is 60.8 Å². The molecule has 0 N–H and O–H groups in total. The van der Waals surface area contributed by atoms with Crippen LogP contribution in [0, 0.1) is 5.82 Å². The van der Waals surface area contributed by atoms with Gasteiger partial charge in [-0.1, -0.05) is 97.0 Å². The highest BCUT2D eigenvalue weighted by Gasteiger charge is 2.15. The summed E-state index contributed by atoms with van der Waals surface area (Å²) in [5, 5.41) is 0. The molecule has 0 bridgehead atoms. The summed E-state index contributed by atoms with van der Waals surface area (Å²) in [7, 11) is 0. The lowest BCUT2D eigenvalue weighted by molar-refractivity contribution is 0.0729. The summed E-state index contributed by atoms with van der Waals surface area (Å²) in [5.74, 6) is -0.149. The Kier molecular flexibility index (Phi) is 15.0. The van der Waals surface area contributed by atoms with Gasteiger partial charge in [-0.15, -0.1) is 0 Å². The lowest BCUT2D eigenvalue weighted by Gasteiger charge is -2.09. The van der Waals surface area contributed by atoms with Crippen LogP contribution in [0.1, 0.15) is 120 Å². The zero-order valence-electron chi connectivity index (χ0n) is 25.1. The summed E-state index contributed by atoms with van der Waals surface area (Å²) < 4.78 is 25.9. The second-order valence-electron chi connectivity index (χ2n) is 10.9. The highest BCUT2D eigenvalue weighted by molar-refractivity contribution is 5.91. The molecule has 0 aliphatic rings. The van der Waals surface area contributed by atoms with Crippen molar-refractivity contribution in [1.29, 1.82) is 0 Å². The van der Waals surface area contributed by atoms with Crippen LogP contribution in [0.4, 0.5) is 4.39 Å². The van der Waals surface area contributed by atoms with Crippen LogP contribution in [0.5, 0.6) is 11.5 Å². The van der Waals surface area contributed by atoms with E-state index in [9.17, 15) is 9.18 Å². The SMILES string of the molecule is CCCCCCCCCCCCOc1ccc(-c2ccc(OC(=O)c3ccc(CCCCCC)cc3F)cn2)cc1. The molecule has 2 aromatic carbocycles. The number of aryl methyl sites for hydroxylation is 1. The van der Waals surface area contributed by atoms with Crippen molar-refractivity contribution < 1.29 is 18.7 Å². The number of hydrogen-bond donors (Lipinski definition) is 0. The number of pyridine rings is 1. The standard InChI is InChI=1S/C36H48FNO3/c1-3-5-7-9-10-11-12-13-14-16-26-40-31-21-19-30(20-22-31)35-25-23-32(28-38-35)41-36(39)33-24-18-29(27-34(33)37)17-15-8-6-4-2/h18-25,27-28H,3-17,26H2,1-2H3. The fourth-order valence-corrected chi connectivity index (χ4v) is 4.91. The zero-order chi connectivity index (χ0) is 29.1. The number of carbonyl (C=O) groups excluding carboxylic acids is 1. The van der Waals surface area contributed by atoms with E-state index in [1.54, 1.807) is 18.2 Å². The molecule has 0 fully saturated rings. The summed E-state index contributed by atoms with van der Waals surface area (Å²) in [6, 6.07) is 16.1. The first-order valence-corrected chi connectivity index (χ1v) is 15.8. The Bertz CT molecular complexity index is 1140. The van der Waals surface area contributed by atoms with Crippen molar-refractivity contribution in [2.24, 2.45) is 0 Å². The third-order valence-electron chi connectivity index (χ3n) is 7.44. The topological polar surface area (TPSA) is 48.4 Å². The van der Waals surface area contributed by atoms with Gasteiger partial charge in [-0.2, -0.15) is 0 Å². The monoisotopic (exact) mass is 561 g/mol. The summed E-state index contributed by atoms with van der Waals surface area (Å²) in [4.78, 5) is 17.0. The second-order valence-corrected chi connectivity index (χ2v) is 10.9. The minimum atomic E-state index is -0.724. The highest BCUT2D eigenvalue weighted by atomic mass is 19.1. The van der Waals surface area contributed by atoms with Crippen LogP contribution in [0.2, 0.25) is 0 Å². The predicted molar refractivity (Wildman–Crippen MR) is 166 cm³/mol. The average Bonchev–Trinajstić information content (AvgIpc) is 2.99. The van der Waals surface area contributed by atoms with E-state index in [0.717, 1.165) is 61.3 Å². The Morgan fingerprint density at radius 3 is 1.93 bits per heavy atom. The van der Waals surface area contributed by atoms with E-state index >= 15 is 0 Å². The van der Waals surface area contributed by atoms with Crippen molar-refractivity contribution in [2.75, 3.05) is 6.61 Å². The lowest BCUT2D eigenvalue weighted by atomic mass is 10.0. The number of aromatic nitrogens is 1. The molecule has 4 nitrogen and oxygen atoms in total. The van der Waals surface area contributed by atoms with Gasteiger partial charge in [0.25, 0.3) is 0 Å². The third kappa shape index (κ3) is 12.0. The molecule has 0 amide bonds. The van der Waals surface area contributed by atoms with Crippen molar-refractivity contribution in [3.8, 4) is 22.8 Å². The quantitative estimate of drug-likeness (QED) is 0.102. The molecule has 1 aromatic heterocycles. The first kappa shape index (κ1) is 32.3. The maximum atomic E-state index is 14.6. The molecule has 0 unspecified atom stereocenters. The molecule has 1 heterocycles. The summed E-state index contributed by atoms with van der Waals surface area (Å²) in [6.07, 6.45) is 19.9. The van der Waals surface area contributed by atoms with Gasteiger partial charge in [0.1, 0.15) is 17.3 Å². The number of carbonyl (C=O) groups is 1. The van der Waals surface area contributed by atoms with Crippen LogP contribution in [-0.2, 0) is 6.42 Å². The number of nitrogens with zero attached hydrogens (tertiary/aromatic N) is 1. The van der Waals surface area contributed by atoms with E-state index in [1.165, 1.54) is 82.5 Å². The minimum absolute atomic E-state index is 0.0696. The van der Waals surface area contributed by atoms with E-state index in [4.69, 9.17) is 9.47 Å². The van der Waals surface area contributed by atoms with Crippen LogP contribution >= 0.6 is 0 Å². The smallest absolute Gasteiger partial charge is 0.346 e. The third-order valence-corrected chi connectivity index (χ3v) is 7.44. The first-order chi connectivity index (χ1) is 20.1. The van der Waals surface area contributed by atoms with Gasteiger partial charge in [0, 0.05) is 5.56 Å². The fraction of sp³-hybridized carbons (Fsp3) is 0.500. The molecular formula is C36H48FNO3. The van der Waals surface area contributed by atoms with E-state index < -0.39 is 11.8 Å². The normalized spacial score (nSPS) is 11.0. The molecule has 0 saturated carbocycles. The molecule has 0 atom stereocenters. The van der Waals surface area contributed by atoms with Gasteiger partial charge >= 0.3 is 5.97 Å². The van der Waals surface area contributed by atoms with E-state index in [0.29, 0.717) is 0 Å². The molecule has 0 aliphatic heterocycles. The Morgan fingerprint density at radius 2 is 1.32 bits per heavy atom. The molecule has 0 aliphatic carbocycles. The maximum Gasteiger partial charge on any atom is 0.346 e. The van der Waals surface area contributed by atoms with Crippen LogP contribution in [0.3, 0.4) is 0 Å². The molecule has 222 valence electrons. The molecule has 3 aromatic rings. The second kappa shape index (κ2) is 19.0. The largest absolute Gasteiger partial charge is 0.494 e. The minimum Gasteiger partial charge on any atom is -0.494 e. The van der Waals surface area contributed by atoms with Crippen molar-refractivity contribution in [3.63, 3.8) is 0 Å². The van der Waals surface area contributed by atoms with Gasteiger partial charge in [0.05, 0.1) is 24.1 Å². The molecule has 0 radical (unpaired) electrons. The van der Waals surface area contributed by atoms with Gasteiger partial charge in [-0.05, 0) is 73.4 Å². The van der Waals surface area contributed by atoms with Crippen LogP contribution in [-0.4, -0.2) is 17.6 Å². The number of esters is 1.